The second-order valence-corrected chi connectivity index (χ2v) is 14.2. The first-order valence-corrected chi connectivity index (χ1v) is 12.4. The van der Waals surface area contributed by atoms with Crippen LogP contribution in [0.15, 0.2) is 12.1 Å². The number of pyridine rings is 1. The zero-order chi connectivity index (χ0) is 17.8. The van der Waals surface area contributed by atoms with Crippen molar-refractivity contribution in [2.45, 2.75) is 83.3 Å². The van der Waals surface area contributed by atoms with Crippen molar-refractivity contribution in [3.8, 4) is 0 Å². The molecular formula is C20H30ClNOSi. The van der Waals surface area contributed by atoms with Crippen LogP contribution in [0.3, 0.4) is 0 Å². The van der Waals surface area contributed by atoms with E-state index in [1.165, 1.54) is 36.1 Å². The third kappa shape index (κ3) is 2.94. The third-order valence-corrected chi connectivity index (χ3v) is 10.8. The van der Waals surface area contributed by atoms with Crippen LogP contribution in [0.5, 0.6) is 0 Å². The Labute approximate surface area is 152 Å². The average molecular weight is 364 g/mol. The molecule has 0 N–H and O–H groups in total. The molecule has 132 valence electrons. The van der Waals surface area contributed by atoms with Gasteiger partial charge in [-0.3, -0.25) is 0 Å². The van der Waals surface area contributed by atoms with E-state index >= 15 is 0 Å². The van der Waals surface area contributed by atoms with Crippen LogP contribution in [-0.4, -0.2) is 13.3 Å². The fourth-order valence-electron chi connectivity index (χ4n) is 3.77. The summed E-state index contributed by atoms with van der Waals surface area (Å²) in [4.78, 5) is 4.78. The molecule has 0 saturated heterocycles. The normalized spacial score (nSPS) is 20.0. The first-order valence-electron chi connectivity index (χ1n) is 9.16. The summed E-state index contributed by atoms with van der Waals surface area (Å²) in [6.07, 6.45) is 8.57. The Morgan fingerprint density at radius 3 is 2.38 bits per heavy atom. The summed E-state index contributed by atoms with van der Waals surface area (Å²) in [5, 5.41) is 0.794. The fraction of sp³-hybridized carbons (Fsp3) is 0.650. The molecule has 4 heteroatoms. The van der Waals surface area contributed by atoms with Crippen LogP contribution in [0.2, 0.25) is 23.3 Å². The summed E-state index contributed by atoms with van der Waals surface area (Å²) in [6.45, 7) is 13.6. The molecule has 0 bridgehead atoms. The van der Waals surface area contributed by atoms with Crippen LogP contribution >= 0.6 is 11.6 Å². The molecule has 2 aliphatic carbocycles. The van der Waals surface area contributed by atoms with E-state index in [0.717, 1.165) is 18.6 Å². The summed E-state index contributed by atoms with van der Waals surface area (Å²) in [5.41, 5.74) is 3.62. The Kier molecular flexibility index (Phi) is 4.41. The molecule has 24 heavy (non-hydrogen) atoms. The molecule has 0 atom stereocenters. The van der Waals surface area contributed by atoms with Crippen LogP contribution in [0, 0.1) is 6.92 Å². The predicted molar refractivity (Wildman–Crippen MR) is 105 cm³/mol. The fourth-order valence-corrected chi connectivity index (χ4v) is 5.03. The Hall–Kier alpha value is -0.803. The van der Waals surface area contributed by atoms with Crippen LogP contribution in [0.1, 0.15) is 69.7 Å². The quantitative estimate of drug-likeness (QED) is 0.435. The lowest BCUT2D eigenvalue weighted by Crippen LogP contribution is -2.40. The Morgan fingerprint density at radius 1 is 1.17 bits per heavy atom. The number of aromatic nitrogens is 1. The zero-order valence-corrected chi connectivity index (χ0v) is 17.7. The van der Waals surface area contributed by atoms with Gasteiger partial charge in [0, 0.05) is 11.0 Å². The molecule has 0 aliphatic heterocycles. The van der Waals surface area contributed by atoms with Crippen molar-refractivity contribution < 1.29 is 4.43 Å². The minimum Gasteiger partial charge on any atom is -0.543 e. The second kappa shape index (κ2) is 5.88. The van der Waals surface area contributed by atoms with Gasteiger partial charge < -0.3 is 4.43 Å². The van der Waals surface area contributed by atoms with Gasteiger partial charge in [-0.1, -0.05) is 51.6 Å². The highest BCUT2D eigenvalue weighted by atomic mass is 35.5. The summed E-state index contributed by atoms with van der Waals surface area (Å²) >= 11 is 6.32. The van der Waals surface area contributed by atoms with Gasteiger partial charge in [-0.15, -0.1) is 0 Å². The van der Waals surface area contributed by atoms with Gasteiger partial charge in [0.05, 0.1) is 5.69 Å². The molecule has 0 aromatic carbocycles. The predicted octanol–water partition coefficient (Wildman–Crippen LogP) is 6.62. The highest BCUT2D eigenvalue weighted by Crippen LogP contribution is 2.51. The van der Waals surface area contributed by atoms with Gasteiger partial charge in [-0.2, -0.15) is 0 Å². The van der Waals surface area contributed by atoms with E-state index in [-0.39, 0.29) is 10.5 Å². The Bertz CT molecular complexity index is 682. The highest BCUT2D eigenvalue weighted by Gasteiger charge is 2.46. The van der Waals surface area contributed by atoms with E-state index in [9.17, 15) is 0 Å². The number of allylic oxidation sites excluding steroid dienone is 1. The molecule has 1 spiro atoms. The van der Waals surface area contributed by atoms with Crippen molar-refractivity contribution >= 4 is 25.7 Å². The molecule has 3 rings (SSSR count). The van der Waals surface area contributed by atoms with Gasteiger partial charge in [-0.05, 0) is 55.6 Å². The second-order valence-electron chi connectivity index (χ2n) is 9.07. The van der Waals surface area contributed by atoms with E-state index < -0.39 is 8.32 Å². The van der Waals surface area contributed by atoms with Crippen LogP contribution in [0.4, 0.5) is 0 Å². The molecule has 1 heterocycles. The number of aryl methyl sites for hydroxylation is 1. The SMILES string of the molecule is Cc1cc(Cl)nc2c1C(O[Si](C)(C)C(C)(C)C)=CC21CCCCC1. The number of hydrogen-bond acceptors (Lipinski definition) is 2. The molecule has 0 radical (unpaired) electrons. The largest absolute Gasteiger partial charge is 0.543 e. The lowest BCUT2D eigenvalue weighted by atomic mass is 9.73. The van der Waals surface area contributed by atoms with Gasteiger partial charge in [-0.25, -0.2) is 4.98 Å². The van der Waals surface area contributed by atoms with Gasteiger partial charge in [0.15, 0.2) is 0 Å². The maximum atomic E-state index is 6.75. The Morgan fingerprint density at radius 2 is 1.79 bits per heavy atom. The number of rotatable bonds is 2. The Balaban J connectivity index is 2.09. The number of fused-ring (bicyclic) bond motifs is 2. The van der Waals surface area contributed by atoms with Crippen LogP contribution < -0.4 is 0 Å². The number of nitrogens with zero attached hydrogens (tertiary/aromatic N) is 1. The zero-order valence-electron chi connectivity index (χ0n) is 15.9. The van der Waals surface area contributed by atoms with Gasteiger partial charge >= 0.3 is 0 Å². The number of hydrogen-bond donors (Lipinski definition) is 0. The van der Waals surface area contributed by atoms with Crippen molar-refractivity contribution in [3.63, 3.8) is 0 Å². The molecule has 0 unspecified atom stereocenters. The standard InChI is InChI=1S/C20H30ClNOSi/c1-14-12-16(21)22-18-17(14)15(23-24(5,6)19(2,3)4)13-20(18)10-8-7-9-11-20/h12-13H,7-11H2,1-6H3. The molecule has 1 aromatic heterocycles. The topological polar surface area (TPSA) is 22.1 Å². The highest BCUT2D eigenvalue weighted by molar-refractivity contribution is 6.74. The monoisotopic (exact) mass is 363 g/mol. The lowest BCUT2D eigenvalue weighted by Gasteiger charge is -2.37. The van der Waals surface area contributed by atoms with Crippen LogP contribution in [0.25, 0.3) is 5.76 Å². The molecule has 1 saturated carbocycles. The van der Waals surface area contributed by atoms with Crippen molar-refractivity contribution in [1.82, 2.24) is 4.98 Å². The average Bonchev–Trinajstić information content (AvgIpc) is 2.71. The third-order valence-electron chi connectivity index (χ3n) is 6.23. The molecule has 2 aliphatic rings. The van der Waals surface area contributed by atoms with Crippen LogP contribution in [-0.2, 0) is 9.84 Å². The maximum absolute atomic E-state index is 6.75. The minimum atomic E-state index is -1.88. The minimum absolute atomic E-state index is 0.0426. The summed E-state index contributed by atoms with van der Waals surface area (Å²) < 4.78 is 6.75. The van der Waals surface area contributed by atoms with E-state index in [2.05, 4.69) is 46.9 Å². The molecule has 0 amide bonds. The van der Waals surface area contributed by atoms with Gasteiger partial charge in [0.2, 0.25) is 8.32 Å². The molecular weight excluding hydrogens is 334 g/mol. The van der Waals surface area contributed by atoms with Crippen molar-refractivity contribution in [1.29, 1.82) is 0 Å². The van der Waals surface area contributed by atoms with E-state index in [0.29, 0.717) is 5.15 Å². The van der Waals surface area contributed by atoms with Gasteiger partial charge in [0.1, 0.15) is 10.9 Å². The summed E-state index contributed by atoms with van der Waals surface area (Å²) in [7, 11) is -1.88. The van der Waals surface area contributed by atoms with E-state index in [1.54, 1.807) is 0 Å². The van der Waals surface area contributed by atoms with Gasteiger partial charge in [0.25, 0.3) is 0 Å². The molecule has 1 fully saturated rings. The molecule has 2 nitrogen and oxygen atoms in total. The summed E-state index contributed by atoms with van der Waals surface area (Å²) in [6, 6.07) is 1.98. The van der Waals surface area contributed by atoms with E-state index in [4.69, 9.17) is 21.0 Å². The van der Waals surface area contributed by atoms with Crippen molar-refractivity contribution in [2.24, 2.45) is 0 Å². The van der Waals surface area contributed by atoms with E-state index in [1.807, 2.05) is 6.07 Å². The smallest absolute Gasteiger partial charge is 0.250 e. The first-order chi connectivity index (χ1) is 11.1. The van der Waals surface area contributed by atoms with Crippen molar-refractivity contribution in [3.05, 3.63) is 34.1 Å². The lowest BCUT2D eigenvalue weighted by molar-refractivity contribution is 0.352. The summed E-state index contributed by atoms with van der Waals surface area (Å²) in [5.74, 6) is 1.07. The van der Waals surface area contributed by atoms with Crippen molar-refractivity contribution in [2.75, 3.05) is 0 Å². The number of halogens is 1. The molecule has 1 aromatic rings. The maximum Gasteiger partial charge on any atom is 0.250 e. The first kappa shape index (κ1) is 18.0.